The van der Waals surface area contributed by atoms with Crippen molar-refractivity contribution in [3.63, 3.8) is 0 Å². The van der Waals surface area contributed by atoms with Crippen LogP contribution in [0, 0.1) is 5.92 Å². The minimum absolute atomic E-state index is 0.00440. The number of ketones is 1. The number of fused-ring (bicyclic) bond motifs is 18. The number of carboxylic acids is 1. The molecule has 0 saturated heterocycles. The molecule has 6 N–H and O–H groups in total. The number of amides is 5. The molecule has 5 aromatic rings. The lowest BCUT2D eigenvalue weighted by Crippen LogP contribution is -2.57. The zero-order valence-corrected chi connectivity index (χ0v) is 36.7. The number of nitrogens with one attached hydrogen (secondary N) is 5. The van der Waals surface area contributed by atoms with Crippen LogP contribution in [0.25, 0.3) is 0 Å². The maximum atomic E-state index is 14.6. The maximum absolute atomic E-state index is 14.6. The van der Waals surface area contributed by atoms with E-state index in [9.17, 15) is 38.7 Å². The van der Waals surface area contributed by atoms with Gasteiger partial charge in [0.1, 0.15) is 18.1 Å². The standard InChI is InChI=1S/C48H48BrN5O8S/c49-35-17-13-33(14-18-35)26-39-46(59)52-38(25-30-8-3-1-4-9-30)42(55)28-34(45(58)54-41(48(61)62)27-31-10-5-2-6-11-31)24-32-15-19-36(20-16-32)50-43(56)21-22-44(57)51-40(47(60)53-39)29-37-12-7-23-63-37/h1-20,23,34,38-41H,21-22,24-29H2,(H,50,56)(H,51,57)(H,52,59)(H,53,60)(H,54,58)(H,61,62)/t34-,38-,39+,40-,41+/m1/s1. The van der Waals surface area contributed by atoms with Crippen molar-refractivity contribution in [3.05, 3.63) is 158 Å². The second-order valence-corrected chi connectivity index (χ2v) is 17.4. The average Bonchev–Trinajstić information content (AvgIpc) is 3.79. The smallest absolute Gasteiger partial charge is 0.326 e. The molecule has 63 heavy (non-hydrogen) atoms. The highest BCUT2D eigenvalue weighted by Gasteiger charge is 2.34. The number of aliphatic carboxylic acids is 1. The molecular formula is C48H48BrN5O8S. The summed E-state index contributed by atoms with van der Waals surface area (Å²) in [5, 5.41) is 25.9. The number of Topliss-reactive ketones (excluding diaryl/α,β-unsaturated/α-hetero) is 1. The second-order valence-electron chi connectivity index (χ2n) is 15.5. The fourth-order valence-electron chi connectivity index (χ4n) is 7.25. The Balaban J connectivity index is 1.36. The van der Waals surface area contributed by atoms with Gasteiger partial charge in [0.15, 0.2) is 5.78 Å². The monoisotopic (exact) mass is 933 g/mol. The lowest BCUT2D eigenvalue weighted by molar-refractivity contribution is -0.142. The Labute approximate surface area is 377 Å². The third-order valence-electron chi connectivity index (χ3n) is 10.6. The van der Waals surface area contributed by atoms with Crippen LogP contribution in [0.5, 0.6) is 0 Å². The first kappa shape index (κ1) is 46.1. The third-order valence-corrected chi connectivity index (χ3v) is 12.1. The summed E-state index contributed by atoms with van der Waals surface area (Å²) in [4.78, 5) is 97.1. The number of anilines is 1. The van der Waals surface area contributed by atoms with Gasteiger partial charge in [0.25, 0.3) is 0 Å². The topological polar surface area (TPSA) is 200 Å². The molecule has 1 aromatic heterocycles. The van der Waals surface area contributed by atoms with Crippen LogP contribution in [0.1, 0.15) is 46.4 Å². The van der Waals surface area contributed by atoms with Gasteiger partial charge in [-0.25, -0.2) is 4.79 Å². The first-order chi connectivity index (χ1) is 30.4. The predicted molar refractivity (Wildman–Crippen MR) is 243 cm³/mol. The number of carbonyl (C=O) groups is 7. The Morgan fingerprint density at radius 1 is 0.651 bits per heavy atom. The van der Waals surface area contributed by atoms with E-state index in [0.717, 1.165) is 14.9 Å². The predicted octanol–water partition coefficient (Wildman–Crippen LogP) is 5.36. The van der Waals surface area contributed by atoms with E-state index >= 15 is 0 Å². The van der Waals surface area contributed by atoms with Gasteiger partial charge in [-0.05, 0) is 70.8 Å². The van der Waals surface area contributed by atoms with Crippen molar-refractivity contribution in [3.8, 4) is 0 Å². The minimum atomic E-state index is -1.30. The lowest BCUT2D eigenvalue weighted by Gasteiger charge is -2.26. The highest BCUT2D eigenvalue weighted by molar-refractivity contribution is 9.10. The Morgan fingerprint density at radius 2 is 1.24 bits per heavy atom. The number of rotatable bonds is 11. The molecular weight excluding hydrogens is 887 g/mol. The van der Waals surface area contributed by atoms with Gasteiger partial charge in [0, 0.05) is 59.5 Å². The zero-order valence-electron chi connectivity index (χ0n) is 34.3. The van der Waals surface area contributed by atoms with Gasteiger partial charge in [-0.15, -0.1) is 11.3 Å². The summed E-state index contributed by atoms with van der Waals surface area (Å²) in [7, 11) is 0. The van der Waals surface area contributed by atoms with Gasteiger partial charge in [-0.1, -0.05) is 107 Å². The summed E-state index contributed by atoms with van der Waals surface area (Å²) < 4.78 is 0.803. The van der Waals surface area contributed by atoms with E-state index in [-0.39, 0.29) is 51.4 Å². The molecule has 5 amide bonds. The summed E-state index contributed by atoms with van der Waals surface area (Å²) in [5.74, 6) is -5.78. The van der Waals surface area contributed by atoms with Gasteiger partial charge in [0.2, 0.25) is 29.5 Å². The molecule has 4 aromatic carbocycles. The Hall–Kier alpha value is -6.45. The number of thiophene rings is 1. The normalized spacial score (nSPS) is 19.7. The number of halogens is 1. The summed E-state index contributed by atoms with van der Waals surface area (Å²) >= 11 is 4.83. The van der Waals surface area contributed by atoms with Gasteiger partial charge in [-0.2, -0.15) is 0 Å². The Kier molecular flexibility index (Phi) is 16.5. The van der Waals surface area contributed by atoms with Crippen LogP contribution >= 0.6 is 27.3 Å². The van der Waals surface area contributed by atoms with E-state index in [1.165, 1.54) is 11.3 Å². The summed E-state index contributed by atoms with van der Waals surface area (Å²) in [6.07, 6.45) is -0.565. The molecule has 0 spiro atoms. The van der Waals surface area contributed by atoms with Crippen LogP contribution < -0.4 is 26.6 Å². The van der Waals surface area contributed by atoms with E-state index in [0.29, 0.717) is 22.4 Å². The van der Waals surface area contributed by atoms with E-state index < -0.39 is 71.4 Å². The van der Waals surface area contributed by atoms with Crippen LogP contribution in [0.3, 0.4) is 0 Å². The van der Waals surface area contributed by atoms with E-state index in [2.05, 4.69) is 42.5 Å². The zero-order chi connectivity index (χ0) is 44.7. The van der Waals surface area contributed by atoms with E-state index in [4.69, 9.17) is 0 Å². The molecule has 0 saturated carbocycles. The highest BCUT2D eigenvalue weighted by Crippen LogP contribution is 2.21. The van der Waals surface area contributed by atoms with Gasteiger partial charge in [-0.3, -0.25) is 28.8 Å². The quantitative estimate of drug-likeness (QED) is 0.0952. The molecule has 0 aliphatic carbocycles. The molecule has 0 fully saturated rings. The number of hydrogen-bond donors (Lipinski definition) is 6. The van der Waals surface area contributed by atoms with E-state index in [1.807, 2.05) is 35.7 Å². The van der Waals surface area contributed by atoms with Crippen molar-refractivity contribution in [2.24, 2.45) is 5.92 Å². The second kappa shape index (κ2) is 22.6. The fourth-order valence-corrected chi connectivity index (χ4v) is 8.27. The molecule has 0 unspecified atom stereocenters. The van der Waals surface area contributed by atoms with Gasteiger partial charge in [0.05, 0.1) is 6.04 Å². The van der Waals surface area contributed by atoms with E-state index in [1.54, 1.807) is 91.0 Å². The van der Waals surface area contributed by atoms with Crippen molar-refractivity contribution in [1.29, 1.82) is 0 Å². The molecule has 0 radical (unpaired) electrons. The van der Waals surface area contributed by atoms with Crippen molar-refractivity contribution >= 4 is 74.2 Å². The third kappa shape index (κ3) is 14.3. The maximum Gasteiger partial charge on any atom is 0.326 e. The Morgan fingerprint density at radius 3 is 1.87 bits per heavy atom. The molecule has 13 nitrogen and oxygen atoms in total. The van der Waals surface area contributed by atoms with Crippen LogP contribution in [0.4, 0.5) is 5.69 Å². The van der Waals surface area contributed by atoms with Gasteiger partial charge >= 0.3 is 5.97 Å². The largest absolute Gasteiger partial charge is 0.480 e. The molecule has 2 aliphatic rings. The molecule has 15 heteroatoms. The molecule has 2 aliphatic heterocycles. The number of benzene rings is 4. The fraction of sp³-hybridized carbons (Fsp3) is 0.271. The minimum Gasteiger partial charge on any atom is -0.480 e. The molecule has 7 rings (SSSR count). The van der Waals surface area contributed by atoms with Crippen molar-refractivity contribution < 1.29 is 38.7 Å². The first-order valence-corrected chi connectivity index (χ1v) is 22.2. The summed E-state index contributed by atoms with van der Waals surface area (Å²) in [6.45, 7) is 0. The van der Waals surface area contributed by atoms with Crippen molar-refractivity contribution in [1.82, 2.24) is 21.3 Å². The number of carboxylic acid groups (broad SMARTS) is 1. The van der Waals surface area contributed by atoms with Crippen LogP contribution in [-0.4, -0.2) is 70.6 Å². The number of carbonyl (C=O) groups excluding carboxylic acids is 6. The van der Waals surface area contributed by atoms with Gasteiger partial charge < -0.3 is 31.7 Å². The van der Waals surface area contributed by atoms with Crippen molar-refractivity contribution in [2.75, 3.05) is 5.32 Å². The summed E-state index contributed by atoms with van der Waals surface area (Å²) in [5.41, 5.74) is 3.17. The van der Waals surface area contributed by atoms with Crippen molar-refractivity contribution in [2.45, 2.75) is 75.5 Å². The SMILES string of the molecule is O=C1CCC(=O)N[C@H](Cc2cccs2)C(=O)N[C@@H](Cc2ccc(Br)cc2)C(=O)N[C@H](Cc2ccccc2)C(=O)C[C@H](C(=O)N[C@@H](Cc2ccccc2)C(=O)O)Cc2ccc(cc2)N1. The van der Waals surface area contributed by atoms with Crippen LogP contribution in [0.15, 0.2) is 131 Å². The Bertz CT molecular complexity index is 2360. The lowest BCUT2D eigenvalue weighted by atomic mass is 9.89. The molecule has 5 atom stereocenters. The molecule has 326 valence electrons. The number of hydrogen-bond acceptors (Lipinski definition) is 8. The average molecular weight is 935 g/mol. The highest BCUT2D eigenvalue weighted by atomic mass is 79.9. The molecule has 2 bridgehead atoms. The van der Waals surface area contributed by atoms with Crippen LogP contribution in [0.2, 0.25) is 0 Å². The first-order valence-electron chi connectivity index (χ1n) is 20.6. The van der Waals surface area contributed by atoms with Crippen LogP contribution in [-0.2, 0) is 65.7 Å². The summed E-state index contributed by atoms with van der Waals surface area (Å²) in [6, 6.07) is 30.6. The molecule has 3 heterocycles.